The molecule has 2 N–H and O–H groups in total. The zero-order valence-electron chi connectivity index (χ0n) is 16.0. The van der Waals surface area contributed by atoms with Crippen LogP contribution in [-0.2, 0) is 19.5 Å². The van der Waals surface area contributed by atoms with Gasteiger partial charge in [0, 0.05) is 0 Å². The van der Waals surface area contributed by atoms with Gasteiger partial charge in [-0.25, -0.2) is 0 Å². The second-order valence-electron chi connectivity index (χ2n) is 5.86. The van der Waals surface area contributed by atoms with Crippen molar-refractivity contribution in [2.45, 2.75) is 0 Å². The van der Waals surface area contributed by atoms with Crippen LogP contribution in [0.1, 0.15) is 1.43 Å². The predicted octanol–water partition coefficient (Wildman–Crippen LogP) is -0.762. The SMILES string of the molecule is O=S(=O)(O)P(c1ccccc1)(c1ccccc1)(c1ccccc1)S(=O)(=O)O.[H-].[Rb+]. The van der Waals surface area contributed by atoms with Crippen molar-refractivity contribution in [2.75, 3.05) is 0 Å². The summed E-state index contributed by atoms with van der Waals surface area (Å²) < 4.78 is 73.5. The maximum atomic E-state index is 13.1. The quantitative estimate of drug-likeness (QED) is 0.345. The van der Waals surface area contributed by atoms with Crippen LogP contribution in [0.2, 0.25) is 0 Å². The molecule has 28 heavy (non-hydrogen) atoms. The van der Waals surface area contributed by atoms with E-state index in [0.29, 0.717) is 0 Å². The van der Waals surface area contributed by atoms with Gasteiger partial charge < -0.3 is 1.43 Å². The van der Waals surface area contributed by atoms with Crippen LogP contribution in [0, 0.1) is 0 Å². The van der Waals surface area contributed by atoms with Crippen LogP contribution in [0.4, 0.5) is 0 Å². The molecular formula is C18H18O6PRbS2. The van der Waals surface area contributed by atoms with Gasteiger partial charge in [0.05, 0.1) is 0 Å². The van der Waals surface area contributed by atoms with E-state index in [4.69, 9.17) is 0 Å². The minimum absolute atomic E-state index is 0. The molecule has 0 saturated heterocycles. The molecule has 0 aliphatic heterocycles. The van der Waals surface area contributed by atoms with Crippen LogP contribution in [0.25, 0.3) is 0 Å². The van der Waals surface area contributed by atoms with Crippen molar-refractivity contribution in [2.24, 2.45) is 0 Å². The first kappa shape index (κ1) is 24.0. The third kappa shape index (κ3) is 3.05. The normalized spacial score (nSPS) is 13.7. The fourth-order valence-corrected chi connectivity index (χ4v) is 18.2. The van der Waals surface area contributed by atoms with Crippen LogP contribution in [-0.4, -0.2) is 25.9 Å². The van der Waals surface area contributed by atoms with Gasteiger partial charge in [-0.15, -0.1) is 0 Å². The Bertz CT molecular complexity index is 1040. The Kier molecular flexibility index (Phi) is 7.24. The van der Waals surface area contributed by atoms with Gasteiger partial charge in [-0.3, -0.25) is 0 Å². The van der Waals surface area contributed by atoms with Crippen LogP contribution >= 0.6 is 5.01 Å². The van der Waals surface area contributed by atoms with E-state index in [2.05, 4.69) is 0 Å². The number of hydrogen-bond acceptors (Lipinski definition) is 4. The second-order valence-corrected chi connectivity index (χ2v) is 19.0. The molecule has 0 heterocycles. The zero-order chi connectivity index (χ0) is 19.8. The van der Waals surface area contributed by atoms with E-state index < -0.39 is 24.5 Å². The minimum Gasteiger partial charge on any atom is -1.00 e. The summed E-state index contributed by atoms with van der Waals surface area (Å²) in [6.45, 7) is 0. The molecule has 0 radical (unpaired) electrons. The van der Waals surface area contributed by atoms with Crippen LogP contribution < -0.4 is 74.1 Å². The summed E-state index contributed by atoms with van der Waals surface area (Å²) in [5.41, 5.74) is 0. The minimum atomic E-state index is -5.85. The molecule has 0 unspecified atom stereocenters. The Hall–Kier alpha value is -0.285. The largest absolute Gasteiger partial charge is 1.00 e. The molecule has 0 aromatic heterocycles. The number of rotatable bonds is 5. The molecule has 6 nitrogen and oxygen atoms in total. The average Bonchev–Trinajstić information content (AvgIpc) is 2.63. The van der Waals surface area contributed by atoms with Gasteiger partial charge in [0.2, 0.25) is 0 Å². The first-order chi connectivity index (χ1) is 12.7. The van der Waals surface area contributed by atoms with Crippen molar-refractivity contribution in [1.29, 1.82) is 0 Å². The average molecular weight is 511 g/mol. The third-order valence-electron chi connectivity index (χ3n) is 4.56. The molecule has 3 rings (SSSR count). The molecular weight excluding hydrogens is 493 g/mol. The molecule has 0 atom stereocenters. The van der Waals surface area contributed by atoms with Crippen molar-refractivity contribution in [3.8, 4) is 0 Å². The Morgan fingerprint density at radius 1 is 0.536 bits per heavy atom. The van der Waals surface area contributed by atoms with E-state index >= 15 is 0 Å². The molecule has 0 saturated carbocycles. The number of hydrogen-bond donors (Lipinski definition) is 2. The predicted molar refractivity (Wildman–Crippen MR) is 109 cm³/mol. The van der Waals surface area contributed by atoms with E-state index in [1.807, 2.05) is 0 Å². The standard InChI is InChI=1S/C18H17O6PS2.Rb.H/c19-26(20,21)25(27(22,23)24,16-10-4-1-5-11-16,17-12-6-2-7-13-17)18-14-8-3-9-15-18;;/h1-15H,(H,19,20,21)(H,22,23,24);;/q;+1;-1. The molecule has 3 aromatic carbocycles. The summed E-state index contributed by atoms with van der Waals surface area (Å²) in [7, 11) is -10.8. The monoisotopic (exact) mass is 510 g/mol. The van der Waals surface area contributed by atoms with Gasteiger partial charge in [0.25, 0.3) is 0 Å². The first-order valence-electron chi connectivity index (χ1n) is 7.80. The van der Waals surface area contributed by atoms with Crippen molar-refractivity contribution < 1.29 is 85.6 Å². The molecule has 0 aliphatic rings. The molecule has 144 valence electrons. The van der Waals surface area contributed by atoms with Crippen molar-refractivity contribution in [3.05, 3.63) is 91.0 Å². The summed E-state index contributed by atoms with van der Waals surface area (Å²) in [4.78, 5) is 0. The van der Waals surface area contributed by atoms with Crippen LogP contribution in [0.3, 0.4) is 0 Å². The fourth-order valence-electron chi connectivity index (χ4n) is 3.46. The smallest absolute Gasteiger partial charge is 1.00 e. The molecule has 0 bridgehead atoms. The van der Waals surface area contributed by atoms with Gasteiger partial charge >= 0.3 is 216 Å². The van der Waals surface area contributed by atoms with E-state index in [-0.39, 0.29) is 75.5 Å². The maximum absolute atomic E-state index is 13.1. The third-order valence-corrected chi connectivity index (χ3v) is 22.5. The Morgan fingerprint density at radius 2 is 0.750 bits per heavy atom. The Morgan fingerprint density at radius 3 is 0.929 bits per heavy atom. The Labute approximate surface area is 214 Å². The molecule has 3 aromatic rings. The molecule has 0 aliphatic carbocycles. The Balaban J connectivity index is 0.00000210. The number of benzene rings is 3. The van der Waals surface area contributed by atoms with Crippen LogP contribution in [0.15, 0.2) is 91.0 Å². The molecule has 10 heteroatoms. The second kappa shape index (κ2) is 8.45. The summed E-state index contributed by atoms with van der Waals surface area (Å²) in [6.07, 6.45) is 0. The maximum Gasteiger partial charge on any atom is 1.00 e. The molecule has 0 fully saturated rings. The van der Waals surface area contributed by atoms with E-state index in [1.165, 1.54) is 72.8 Å². The van der Waals surface area contributed by atoms with Crippen molar-refractivity contribution >= 4 is 40.4 Å². The topological polar surface area (TPSA) is 109 Å². The van der Waals surface area contributed by atoms with Gasteiger partial charge in [-0.05, 0) is 0 Å². The van der Waals surface area contributed by atoms with Crippen molar-refractivity contribution in [1.82, 2.24) is 0 Å². The summed E-state index contributed by atoms with van der Waals surface area (Å²) in [5, 5.41) is -6.46. The van der Waals surface area contributed by atoms with Crippen LogP contribution in [0.5, 0.6) is 0 Å². The van der Waals surface area contributed by atoms with E-state index in [0.717, 1.165) is 0 Å². The van der Waals surface area contributed by atoms with Gasteiger partial charge in [-0.1, -0.05) is 0 Å². The molecule has 0 amide bonds. The van der Waals surface area contributed by atoms with Crippen molar-refractivity contribution in [3.63, 3.8) is 0 Å². The zero-order valence-corrected chi connectivity index (χ0v) is 22.4. The summed E-state index contributed by atoms with van der Waals surface area (Å²) in [6, 6.07) is 21.2. The van der Waals surface area contributed by atoms with Gasteiger partial charge in [0.15, 0.2) is 0 Å². The van der Waals surface area contributed by atoms with Gasteiger partial charge in [-0.2, -0.15) is 0 Å². The molecule has 0 spiro atoms. The fraction of sp³-hybridized carbons (Fsp3) is 0. The van der Waals surface area contributed by atoms with Gasteiger partial charge in [0.1, 0.15) is 0 Å². The summed E-state index contributed by atoms with van der Waals surface area (Å²) >= 11 is 0. The first-order valence-corrected chi connectivity index (χ1v) is 14.1. The van der Waals surface area contributed by atoms with E-state index in [1.54, 1.807) is 18.2 Å². The summed E-state index contributed by atoms with van der Waals surface area (Å²) in [5.74, 6) is 0. The van der Waals surface area contributed by atoms with E-state index in [9.17, 15) is 25.9 Å².